The molecule has 2 aromatic carbocycles. The number of hydrogen-bond acceptors (Lipinski definition) is 2. The molecule has 0 bridgehead atoms. The van der Waals surface area contributed by atoms with Gasteiger partial charge in [0.25, 0.3) is 0 Å². The summed E-state index contributed by atoms with van der Waals surface area (Å²) in [4.78, 5) is 12.0. The Morgan fingerprint density at radius 2 is 1.70 bits per heavy atom. The average molecular weight is 403 g/mol. The van der Waals surface area contributed by atoms with Crippen molar-refractivity contribution in [3.63, 3.8) is 0 Å². The second-order valence-corrected chi connectivity index (χ2v) is 9.94. The highest BCUT2D eigenvalue weighted by Crippen LogP contribution is 2.47. The second-order valence-electron chi connectivity index (χ2n) is 9.94. The van der Waals surface area contributed by atoms with Crippen molar-refractivity contribution >= 4 is 17.1 Å². The number of ether oxygens (including phenoxy) is 1. The molecule has 3 rings (SSSR count). The van der Waals surface area contributed by atoms with E-state index >= 15 is 0 Å². The molecule has 30 heavy (non-hydrogen) atoms. The SMILES string of the molecule is C=C(c1ccc(C(=O)OCC)cc1)c1cc2c(cc1C)C(C)(C)CC=C2C(C)(C)C. The number of allylic oxidation sites excluding steroid dienone is 2. The first-order valence-corrected chi connectivity index (χ1v) is 10.8. The Labute approximate surface area is 181 Å². The zero-order chi connectivity index (χ0) is 22.3. The molecule has 2 nitrogen and oxygen atoms in total. The number of carbonyl (C=O) groups is 1. The number of hydrogen-bond donors (Lipinski definition) is 0. The minimum Gasteiger partial charge on any atom is -0.462 e. The third kappa shape index (κ3) is 4.14. The normalized spacial score (nSPS) is 15.2. The summed E-state index contributed by atoms with van der Waals surface area (Å²) in [5, 5.41) is 0. The number of fused-ring (bicyclic) bond motifs is 1. The van der Waals surface area contributed by atoms with Gasteiger partial charge in [-0.1, -0.05) is 65.5 Å². The standard InChI is InChI=1S/C28H34O2/c1-9-30-26(29)21-12-10-20(11-13-21)19(3)22-17-23-24(27(4,5)6)14-15-28(7,8)25(23)16-18(22)2/h10-14,16-17H,3,9,15H2,1-2,4-8H3. The van der Waals surface area contributed by atoms with Gasteiger partial charge < -0.3 is 4.74 Å². The zero-order valence-electron chi connectivity index (χ0n) is 19.5. The van der Waals surface area contributed by atoms with Crippen LogP contribution in [0.15, 0.2) is 49.1 Å². The summed E-state index contributed by atoms with van der Waals surface area (Å²) >= 11 is 0. The Balaban J connectivity index is 2.05. The van der Waals surface area contributed by atoms with Crippen molar-refractivity contribution in [2.24, 2.45) is 5.41 Å². The van der Waals surface area contributed by atoms with Gasteiger partial charge in [-0.2, -0.15) is 0 Å². The van der Waals surface area contributed by atoms with Crippen LogP contribution in [0.1, 0.15) is 86.1 Å². The monoisotopic (exact) mass is 402 g/mol. The van der Waals surface area contributed by atoms with Crippen LogP contribution in [0, 0.1) is 12.3 Å². The van der Waals surface area contributed by atoms with Crippen LogP contribution in [-0.4, -0.2) is 12.6 Å². The van der Waals surface area contributed by atoms with Crippen molar-refractivity contribution in [3.8, 4) is 0 Å². The van der Waals surface area contributed by atoms with E-state index in [9.17, 15) is 4.79 Å². The van der Waals surface area contributed by atoms with E-state index in [0.717, 1.165) is 23.1 Å². The summed E-state index contributed by atoms with van der Waals surface area (Å²) in [6, 6.07) is 12.2. The van der Waals surface area contributed by atoms with Crippen LogP contribution in [0.2, 0.25) is 0 Å². The van der Waals surface area contributed by atoms with E-state index in [1.807, 2.05) is 31.2 Å². The third-order valence-electron chi connectivity index (χ3n) is 6.08. The summed E-state index contributed by atoms with van der Waals surface area (Å²) in [6.07, 6.45) is 3.47. The molecule has 158 valence electrons. The maximum Gasteiger partial charge on any atom is 0.338 e. The molecule has 0 spiro atoms. The van der Waals surface area contributed by atoms with E-state index in [1.165, 1.54) is 22.3 Å². The van der Waals surface area contributed by atoms with Gasteiger partial charge >= 0.3 is 5.97 Å². The van der Waals surface area contributed by atoms with Gasteiger partial charge in [-0.05, 0) is 88.3 Å². The fraction of sp³-hybridized carbons (Fsp3) is 0.393. The van der Waals surface area contributed by atoms with Gasteiger partial charge in [0.15, 0.2) is 0 Å². The van der Waals surface area contributed by atoms with Gasteiger partial charge in [-0.25, -0.2) is 4.79 Å². The van der Waals surface area contributed by atoms with Crippen LogP contribution in [0.25, 0.3) is 11.1 Å². The molecule has 0 N–H and O–H groups in total. The Morgan fingerprint density at radius 3 is 2.27 bits per heavy atom. The van der Waals surface area contributed by atoms with E-state index in [2.05, 4.69) is 66.3 Å². The lowest BCUT2D eigenvalue weighted by Crippen LogP contribution is -2.25. The molecule has 0 radical (unpaired) electrons. The van der Waals surface area contributed by atoms with Gasteiger partial charge in [0.2, 0.25) is 0 Å². The molecule has 0 amide bonds. The molecular weight excluding hydrogens is 368 g/mol. The first-order chi connectivity index (χ1) is 14.0. The minimum absolute atomic E-state index is 0.0837. The fourth-order valence-electron chi connectivity index (χ4n) is 4.28. The number of rotatable bonds is 4. The molecule has 0 saturated heterocycles. The van der Waals surface area contributed by atoms with Crippen molar-refractivity contribution in [3.05, 3.63) is 82.4 Å². The van der Waals surface area contributed by atoms with Crippen LogP contribution in [0.5, 0.6) is 0 Å². The molecule has 0 unspecified atom stereocenters. The van der Waals surface area contributed by atoms with E-state index in [1.54, 1.807) is 0 Å². The molecule has 2 aromatic rings. The lowest BCUT2D eigenvalue weighted by atomic mass is 9.67. The van der Waals surface area contributed by atoms with E-state index in [-0.39, 0.29) is 16.8 Å². The van der Waals surface area contributed by atoms with Crippen molar-refractivity contribution < 1.29 is 9.53 Å². The Hall–Kier alpha value is -2.61. The van der Waals surface area contributed by atoms with Gasteiger partial charge in [0.05, 0.1) is 12.2 Å². The van der Waals surface area contributed by atoms with Crippen molar-refractivity contribution in [2.45, 2.75) is 60.3 Å². The maximum absolute atomic E-state index is 12.0. The molecule has 2 heteroatoms. The molecule has 0 atom stereocenters. The lowest BCUT2D eigenvalue weighted by Gasteiger charge is -2.37. The summed E-state index contributed by atoms with van der Waals surface area (Å²) in [5.41, 5.74) is 9.31. The van der Waals surface area contributed by atoms with E-state index in [0.29, 0.717) is 12.2 Å². The van der Waals surface area contributed by atoms with Crippen molar-refractivity contribution in [2.75, 3.05) is 6.61 Å². The largest absolute Gasteiger partial charge is 0.462 e. The van der Waals surface area contributed by atoms with Crippen LogP contribution >= 0.6 is 0 Å². The summed E-state index contributed by atoms with van der Waals surface area (Å²) < 4.78 is 5.09. The van der Waals surface area contributed by atoms with Gasteiger partial charge in [0.1, 0.15) is 0 Å². The first-order valence-electron chi connectivity index (χ1n) is 10.8. The molecule has 1 aliphatic carbocycles. The van der Waals surface area contributed by atoms with Gasteiger partial charge in [0, 0.05) is 0 Å². The first kappa shape index (κ1) is 22.1. The van der Waals surface area contributed by atoms with Crippen molar-refractivity contribution in [1.82, 2.24) is 0 Å². The molecule has 1 aliphatic rings. The number of carbonyl (C=O) groups excluding carboxylic acids is 1. The Bertz CT molecular complexity index is 1010. The maximum atomic E-state index is 12.0. The highest BCUT2D eigenvalue weighted by molar-refractivity contribution is 5.91. The topological polar surface area (TPSA) is 26.3 Å². The molecule has 0 heterocycles. The number of benzene rings is 2. The highest BCUT2D eigenvalue weighted by atomic mass is 16.5. The summed E-state index contributed by atoms with van der Waals surface area (Å²) in [7, 11) is 0. The van der Waals surface area contributed by atoms with Gasteiger partial charge in [-0.15, -0.1) is 0 Å². The van der Waals surface area contributed by atoms with E-state index < -0.39 is 0 Å². The third-order valence-corrected chi connectivity index (χ3v) is 6.08. The Morgan fingerprint density at radius 1 is 1.10 bits per heavy atom. The molecular formula is C28H34O2. The minimum atomic E-state index is -0.290. The summed E-state index contributed by atoms with van der Waals surface area (Å²) in [5.74, 6) is -0.290. The van der Waals surface area contributed by atoms with Gasteiger partial charge in [-0.3, -0.25) is 0 Å². The molecule has 0 aliphatic heterocycles. The van der Waals surface area contributed by atoms with Crippen LogP contribution in [0.4, 0.5) is 0 Å². The quantitative estimate of drug-likeness (QED) is 0.500. The predicted molar refractivity (Wildman–Crippen MR) is 127 cm³/mol. The lowest BCUT2D eigenvalue weighted by molar-refractivity contribution is 0.0526. The molecule has 0 fully saturated rings. The molecule has 0 aromatic heterocycles. The summed E-state index contributed by atoms with van der Waals surface area (Å²) in [6.45, 7) is 20.2. The second kappa shape index (κ2) is 7.91. The molecule has 0 saturated carbocycles. The number of aryl methyl sites for hydroxylation is 1. The smallest absolute Gasteiger partial charge is 0.338 e. The zero-order valence-corrected chi connectivity index (χ0v) is 19.5. The highest BCUT2D eigenvalue weighted by Gasteiger charge is 2.33. The fourth-order valence-corrected chi connectivity index (χ4v) is 4.28. The number of esters is 1. The van der Waals surface area contributed by atoms with Crippen LogP contribution in [0.3, 0.4) is 0 Å². The Kier molecular flexibility index (Phi) is 5.82. The van der Waals surface area contributed by atoms with Crippen LogP contribution < -0.4 is 0 Å². The average Bonchev–Trinajstić information content (AvgIpc) is 2.67. The van der Waals surface area contributed by atoms with Crippen molar-refractivity contribution in [1.29, 1.82) is 0 Å². The van der Waals surface area contributed by atoms with Crippen LogP contribution in [-0.2, 0) is 10.2 Å². The van der Waals surface area contributed by atoms with E-state index in [4.69, 9.17) is 4.74 Å². The predicted octanol–water partition coefficient (Wildman–Crippen LogP) is 7.34.